The highest BCUT2D eigenvalue weighted by Crippen LogP contribution is 2.19. The van der Waals surface area contributed by atoms with Crippen molar-refractivity contribution in [3.63, 3.8) is 0 Å². The first-order valence-electron chi connectivity index (χ1n) is 6.38. The van der Waals surface area contributed by atoms with Gasteiger partial charge >= 0.3 is 5.97 Å². The number of carbonyl (C=O) groups excluding carboxylic acids is 1. The Hall–Kier alpha value is -1.37. The van der Waals surface area contributed by atoms with Gasteiger partial charge in [0.2, 0.25) is 0 Å². The smallest absolute Gasteiger partial charge is 0.319 e. The van der Waals surface area contributed by atoms with E-state index in [2.05, 4.69) is 16.1 Å². The van der Waals surface area contributed by atoms with E-state index in [0.29, 0.717) is 0 Å². The van der Waals surface area contributed by atoms with Gasteiger partial charge in [-0.1, -0.05) is 37.3 Å². The second-order valence-corrected chi connectivity index (χ2v) is 4.51. The lowest BCUT2D eigenvalue weighted by molar-refractivity contribution is -0.141. The van der Waals surface area contributed by atoms with Gasteiger partial charge in [-0.25, -0.2) is 4.79 Å². The minimum atomic E-state index is -0.425. The molecule has 0 saturated heterocycles. The average molecular weight is 236 g/mol. The molecule has 0 amide bonds. The van der Waals surface area contributed by atoms with Crippen molar-refractivity contribution >= 4 is 11.7 Å². The fraction of sp³-hybridized carbons (Fsp3) is 0.769. The summed E-state index contributed by atoms with van der Waals surface area (Å²) in [6.45, 7) is 1.33. The van der Waals surface area contributed by atoms with Crippen LogP contribution in [0.3, 0.4) is 0 Å². The van der Waals surface area contributed by atoms with Crippen LogP contribution in [0.1, 0.15) is 58.3 Å². The van der Waals surface area contributed by atoms with Crippen molar-refractivity contribution in [1.82, 2.24) is 0 Å². The van der Waals surface area contributed by atoms with E-state index in [0.717, 1.165) is 37.8 Å². The zero-order valence-electron chi connectivity index (χ0n) is 10.4. The van der Waals surface area contributed by atoms with E-state index in [1.807, 2.05) is 0 Å². The van der Waals surface area contributed by atoms with Crippen LogP contribution < -0.4 is 0 Å². The standard InChI is InChI=1S/C13H20N2O2/c1-11(16)17-15-13-9-7-5-3-2-4-6-8-12(13)10-14/h12H,2-9H2,1H3. The highest BCUT2D eigenvalue weighted by molar-refractivity contribution is 5.88. The minimum absolute atomic E-state index is 0.188. The molecule has 0 bridgehead atoms. The molecule has 0 spiro atoms. The summed E-state index contributed by atoms with van der Waals surface area (Å²) < 4.78 is 0. The SMILES string of the molecule is CC(=O)ON=C1CCCCCCCCC1C#N. The van der Waals surface area contributed by atoms with Gasteiger partial charge in [-0.2, -0.15) is 5.26 Å². The topological polar surface area (TPSA) is 62.4 Å². The lowest BCUT2D eigenvalue weighted by atomic mass is 9.91. The molecule has 1 rings (SSSR count). The molecule has 0 radical (unpaired) electrons. The second-order valence-electron chi connectivity index (χ2n) is 4.51. The van der Waals surface area contributed by atoms with Gasteiger partial charge in [-0.15, -0.1) is 0 Å². The molecule has 0 aromatic carbocycles. The molecule has 4 nitrogen and oxygen atoms in total. The number of rotatable bonds is 1. The Balaban J connectivity index is 2.66. The lowest BCUT2D eigenvalue weighted by Crippen LogP contribution is -2.15. The van der Waals surface area contributed by atoms with Crippen molar-refractivity contribution < 1.29 is 9.63 Å². The van der Waals surface area contributed by atoms with Gasteiger partial charge in [0.05, 0.1) is 17.7 Å². The van der Waals surface area contributed by atoms with Gasteiger partial charge in [0, 0.05) is 6.92 Å². The van der Waals surface area contributed by atoms with Crippen molar-refractivity contribution in [2.75, 3.05) is 0 Å². The maximum Gasteiger partial charge on any atom is 0.331 e. The molecule has 4 heteroatoms. The Morgan fingerprint density at radius 3 is 2.59 bits per heavy atom. The van der Waals surface area contributed by atoms with E-state index in [4.69, 9.17) is 5.26 Å². The molecular formula is C13H20N2O2. The molecule has 1 atom stereocenters. The fourth-order valence-corrected chi connectivity index (χ4v) is 2.07. The summed E-state index contributed by atoms with van der Waals surface area (Å²) in [5, 5.41) is 13.0. The summed E-state index contributed by atoms with van der Waals surface area (Å²) in [4.78, 5) is 15.4. The van der Waals surface area contributed by atoms with Gasteiger partial charge in [0.15, 0.2) is 0 Å². The Morgan fingerprint density at radius 1 is 1.29 bits per heavy atom. The summed E-state index contributed by atoms with van der Waals surface area (Å²) in [6, 6.07) is 2.27. The summed E-state index contributed by atoms with van der Waals surface area (Å²) in [6.07, 6.45) is 8.53. The van der Waals surface area contributed by atoms with Crippen molar-refractivity contribution in [3.05, 3.63) is 0 Å². The molecule has 0 heterocycles. The Labute approximate surface area is 103 Å². The third-order valence-corrected chi connectivity index (χ3v) is 3.03. The molecule has 17 heavy (non-hydrogen) atoms. The molecule has 1 unspecified atom stereocenters. The zero-order valence-corrected chi connectivity index (χ0v) is 10.4. The molecule has 0 aromatic rings. The van der Waals surface area contributed by atoms with Gasteiger partial charge in [-0.3, -0.25) is 0 Å². The lowest BCUT2D eigenvalue weighted by Gasteiger charge is -2.13. The summed E-state index contributed by atoms with van der Waals surface area (Å²) >= 11 is 0. The normalized spacial score (nSPS) is 24.9. The number of oxime groups is 1. The first kappa shape index (κ1) is 13.7. The van der Waals surface area contributed by atoms with Crippen LogP contribution in [0.25, 0.3) is 0 Å². The predicted molar refractivity (Wildman–Crippen MR) is 65.2 cm³/mol. The highest BCUT2D eigenvalue weighted by atomic mass is 16.7. The van der Waals surface area contributed by atoms with Crippen LogP contribution in [-0.2, 0) is 9.63 Å². The van der Waals surface area contributed by atoms with E-state index in [1.54, 1.807) is 0 Å². The number of hydrogen-bond acceptors (Lipinski definition) is 4. The van der Waals surface area contributed by atoms with E-state index in [-0.39, 0.29) is 5.92 Å². The van der Waals surface area contributed by atoms with Crippen LogP contribution in [0.5, 0.6) is 0 Å². The van der Waals surface area contributed by atoms with Gasteiger partial charge in [0.1, 0.15) is 0 Å². The molecule has 0 aromatic heterocycles. The van der Waals surface area contributed by atoms with E-state index < -0.39 is 5.97 Å². The number of carbonyl (C=O) groups is 1. The molecule has 1 aliphatic carbocycles. The van der Waals surface area contributed by atoms with Crippen molar-refractivity contribution in [1.29, 1.82) is 5.26 Å². The molecule has 94 valence electrons. The summed E-state index contributed by atoms with van der Waals surface area (Å²) in [5.41, 5.74) is 0.740. The quantitative estimate of drug-likeness (QED) is 0.519. The molecular weight excluding hydrogens is 216 g/mol. The first-order valence-corrected chi connectivity index (χ1v) is 6.38. The van der Waals surface area contributed by atoms with Crippen LogP contribution in [0.4, 0.5) is 0 Å². The van der Waals surface area contributed by atoms with Crippen LogP contribution in [0.15, 0.2) is 5.16 Å². The fourth-order valence-electron chi connectivity index (χ4n) is 2.07. The highest BCUT2D eigenvalue weighted by Gasteiger charge is 2.17. The third kappa shape index (κ3) is 5.48. The van der Waals surface area contributed by atoms with Crippen molar-refractivity contribution in [2.45, 2.75) is 58.3 Å². The largest absolute Gasteiger partial charge is 0.331 e. The van der Waals surface area contributed by atoms with Crippen LogP contribution in [-0.4, -0.2) is 11.7 Å². The molecule has 1 saturated carbocycles. The van der Waals surface area contributed by atoms with Gasteiger partial charge < -0.3 is 4.84 Å². The number of nitrogens with zero attached hydrogens (tertiary/aromatic N) is 2. The Bertz CT molecular complexity index is 318. The third-order valence-electron chi connectivity index (χ3n) is 3.03. The van der Waals surface area contributed by atoms with Crippen molar-refractivity contribution in [2.24, 2.45) is 11.1 Å². The summed E-state index contributed by atoms with van der Waals surface area (Å²) in [5.74, 6) is -0.612. The van der Waals surface area contributed by atoms with Crippen LogP contribution in [0, 0.1) is 17.2 Å². The Kier molecular flexibility index (Phi) is 6.31. The maximum absolute atomic E-state index is 10.7. The maximum atomic E-state index is 10.7. The molecule has 0 aliphatic heterocycles. The monoisotopic (exact) mass is 236 g/mol. The van der Waals surface area contributed by atoms with Crippen LogP contribution in [0.2, 0.25) is 0 Å². The van der Waals surface area contributed by atoms with E-state index in [1.165, 1.54) is 26.2 Å². The van der Waals surface area contributed by atoms with Gasteiger partial charge in [0.25, 0.3) is 0 Å². The Morgan fingerprint density at radius 2 is 1.94 bits per heavy atom. The first-order chi connectivity index (χ1) is 8.24. The molecule has 0 N–H and O–H groups in total. The van der Waals surface area contributed by atoms with E-state index in [9.17, 15) is 4.79 Å². The zero-order chi connectivity index (χ0) is 12.5. The van der Waals surface area contributed by atoms with Crippen molar-refractivity contribution in [3.8, 4) is 6.07 Å². The molecule has 1 aliphatic rings. The number of nitriles is 1. The number of hydrogen-bond donors (Lipinski definition) is 0. The molecule has 1 fully saturated rings. The predicted octanol–water partition coefficient (Wildman–Crippen LogP) is 3.18. The minimum Gasteiger partial charge on any atom is -0.319 e. The average Bonchev–Trinajstić information content (AvgIpc) is 2.33. The van der Waals surface area contributed by atoms with E-state index >= 15 is 0 Å². The second kappa shape index (κ2) is 7.83. The van der Waals surface area contributed by atoms with Crippen LogP contribution >= 0.6 is 0 Å². The van der Waals surface area contributed by atoms with Gasteiger partial charge in [-0.05, 0) is 19.3 Å². The summed E-state index contributed by atoms with van der Waals surface area (Å²) in [7, 11) is 0.